The fourth-order valence-corrected chi connectivity index (χ4v) is 2.03. The predicted octanol–water partition coefficient (Wildman–Crippen LogP) is 3.29. The number of carbonyl (C=O) groups excluding carboxylic acids is 1. The molecule has 0 aliphatic rings. The molecule has 2 rings (SSSR count). The van der Waals surface area contributed by atoms with E-state index in [-0.39, 0.29) is 11.5 Å². The number of rotatable bonds is 5. The van der Waals surface area contributed by atoms with E-state index in [1.807, 2.05) is 59.4 Å². The highest BCUT2D eigenvalue weighted by atomic mass is 16.1. The lowest BCUT2D eigenvalue weighted by atomic mass is 10.2. The minimum atomic E-state index is -0.358. The Bertz CT molecular complexity index is 705. The average molecular weight is 293 g/mol. The third kappa shape index (κ3) is 4.10. The molecule has 2 aromatic rings. The maximum absolute atomic E-state index is 12.1. The van der Waals surface area contributed by atoms with E-state index in [1.54, 1.807) is 6.08 Å². The molecule has 1 aromatic heterocycles. The summed E-state index contributed by atoms with van der Waals surface area (Å²) in [7, 11) is 0. The van der Waals surface area contributed by atoms with Crippen LogP contribution in [0, 0.1) is 11.3 Å². The van der Waals surface area contributed by atoms with Crippen molar-refractivity contribution in [3.63, 3.8) is 0 Å². The zero-order valence-corrected chi connectivity index (χ0v) is 12.8. The van der Waals surface area contributed by atoms with E-state index in [1.165, 1.54) is 0 Å². The third-order valence-corrected chi connectivity index (χ3v) is 3.31. The first-order chi connectivity index (χ1) is 10.6. The molecule has 4 nitrogen and oxygen atoms in total. The summed E-state index contributed by atoms with van der Waals surface area (Å²) in [4.78, 5) is 12.1. The molecule has 0 atom stereocenters. The molecule has 0 aliphatic carbocycles. The van der Waals surface area contributed by atoms with Gasteiger partial charge >= 0.3 is 0 Å². The van der Waals surface area contributed by atoms with Gasteiger partial charge in [-0.2, -0.15) is 5.26 Å². The first-order valence-electron chi connectivity index (χ1n) is 7.21. The van der Waals surface area contributed by atoms with Crippen LogP contribution in [0.1, 0.15) is 31.0 Å². The van der Waals surface area contributed by atoms with Gasteiger partial charge in [0.25, 0.3) is 5.91 Å². The molecule has 1 amide bonds. The second kappa shape index (κ2) is 7.28. The fourth-order valence-electron chi connectivity index (χ4n) is 2.03. The van der Waals surface area contributed by atoms with E-state index < -0.39 is 0 Å². The van der Waals surface area contributed by atoms with Crippen molar-refractivity contribution in [2.24, 2.45) is 0 Å². The Balaban J connectivity index is 2.05. The molecule has 0 aliphatic heterocycles. The van der Waals surface area contributed by atoms with Crippen molar-refractivity contribution >= 4 is 12.0 Å². The standard InChI is InChI=1S/C18H19N3O/c1-14(2)21-9-8-16(13-21)10-17(11-19)18(22)20-12-15-6-4-3-5-7-15/h3-10,13-14H,12H2,1-2H3,(H,20,22)/b17-10+. The molecule has 0 bridgehead atoms. The third-order valence-electron chi connectivity index (χ3n) is 3.31. The molecule has 0 saturated heterocycles. The Kier molecular flexibility index (Phi) is 5.16. The molecule has 0 unspecified atom stereocenters. The maximum atomic E-state index is 12.1. The van der Waals surface area contributed by atoms with E-state index in [9.17, 15) is 10.1 Å². The summed E-state index contributed by atoms with van der Waals surface area (Å²) < 4.78 is 2.03. The summed E-state index contributed by atoms with van der Waals surface area (Å²) in [5.41, 5.74) is 1.96. The molecule has 0 radical (unpaired) electrons. The van der Waals surface area contributed by atoms with E-state index in [0.29, 0.717) is 12.6 Å². The predicted molar refractivity (Wildman–Crippen MR) is 86.7 cm³/mol. The van der Waals surface area contributed by atoms with Crippen molar-refractivity contribution in [2.75, 3.05) is 0 Å². The van der Waals surface area contributed by atoms with Crippen LogP contribution in [-0.4, -0.2) is 10.5 Å². The molecule has 0 saturated carbocycles. The van der Waals surface area contributed by atoms with Crippen LogP contribution in [0.3, 0.4) is 0 Å². The van der Waals surface area contributed by atoms with Gasteiger partial charge in [0.05, 0.1) is 0 Å². The Morgan fingerprint density at radius 3 is 2.64 bits per heavy atom. The first kappa shape index (κ1) is 15.6. The Hall–Kier alpha value is -2.80. The summed E-state index contributed by atoms with van der Waals surface area (Å²) in [5.74, 6) is -0.358. The first-order valence-corrected chi connectivity index (χ1v) is 7.21. The number of aromatic nitrogens is 1. The highest BCUT2D eigenvalue weighted by Crippen LogP contribution is 2.12. The van der Waals surface area contributed by atoms with Gasteiger partial charge in [-0.15, -0.1) is 0 Å². The van der Waals surface area contributed by atoms with Gasteiger partial charge in [0.1, 0.15) is 11.6 Å². The highest BCUT2D eigenvalue weighted by molar-refractivity contribution is 6.01. The number of benzene rings is 1. The van der Waals surface area contributed by atoms with Crippen LogP contribution in [0.4, 0.5) is 0 Å². The van der Waals surface area contributed by atoms with Crippen molar-refractivity contribution in [2.45, 2.75) is 26.4 Å². The van der Waals surface area contributed by atoms with Gasteiger partial charge in [0.15, 0.2) is 0 Å². The molecule has 22 heavy (non-hydrogen) atoms. The number of amides is 1. The second-order valence-corrected chi connectivity index (χ2v) is 5.32. The molecule has 1 aromatic carbocycles. The van der Waals surface area contributed by atoms with Crippen molar-refractivity contribution in [3.8, 4) is 6.07 Å². The Labute approximate surface area is 130 Å². The van der Waals surface area contributed by atoms with Crippen molar-refractivity contribution in [1.82, 2.24) is 9.88 Å². The topological polar surface area (TPSA) is 57.8 Å². The van der Waals surface area contributed by atoms with Crippen LogP contribution in [0.15, 0.2) is 54.4 Å². The van der Waals surface area contributed by atoms with Gasteiger partial charge in [0, 0.05) is 25.0 Å². The fraction of sp³-hybridized carbons (Fsp3) is 0.222. The molecule has 0 spiro atoms. The van der Waals surface area contributed by atoms with Crippen LogP contribution < -0.4 is 5.32 Å². The minimum Gasteiger partial charge on any atom is -0.351 e. The molecular weight excluding hydrogens is 274 g/mol. The summed E-state index contributed by atoms with van der Waals surface area (Å²) in [5, 5.41) is 11.9. The monoisotopic (exact) mass is 293 g/mol. The van der Waals surface area contributed by atoms with Crippen LogP contribution in [0.2, 0.25) is 0 Å². The Morgan fingerprint density at radius 2 is 2.05 bits per heavy atom. The number of nitriles is 1. The van der Waals surface area contributed by atoms with E-state index in [2.05, 4.69) is 19.2 Å². The largest absolute Gasteiger partial charge is 0.351 e. The second-order valence-electron chi connectivity index (χ2n) is 5.32. The molecule has 1 heterocycles. The number of hydrogen-bond acceptors (Lipinski definition) is 2. The van der Waals surface area contributed by atoms with Gasteiger partial charge in [-0.05, 0) is 37.1 Å². The smallest absolute Gasteiger partial charge is 0.262 e. The lowest BCUT2D eigenvalue weighted by Gasteiger charge is -2.05. The molecule has 4 heteroatoms. The molecular formula is C18H19N3O. The van der Waals surface area contributed by atoms with Crippen molar-refractivity contribution < 1.29 is 4.79 Å². The zero-order chi connectivity index (χ0) is 15.9. The van der Waals surface area contributed by atoms with Gasteiger partial charge in [-0.1, -0.05) is 30.3 Å². The van der Waals surface area contributed by atoms with Gasteiger partial charge < -0.3 is 9.88 Å². The van der Waals surface area contributed by atoms with Crippen molar-refractivity contribution in [1.29, 1.82) is 5.26 Å². The molecule has 1 N–H and O–H groups in total. The summed E-state index contributed by atoms with van der Waals surface area (Å²) in [6.07, 6.45) is 5.47. The van der Waals surface area contributed by atoms with E-state index in [4.69, 9.17) is 0 Å². The van der Waals surface area contributed by atoms with Gasteiger partial charge in [0.2, 0.25) is 0 Å². The zero-order valence-electron chi connectivity index (χ0n) is 12.8. The Morgan fingerprint density at radius 1 is 1.32 bits per heavy atom. The van der Waals surface area contributed by atoms with Gasteiger partial charge in [-0.25, -0.2) is 0 Å². The molecule has 0 fully saturated rings. The quantitative estimate of drug-likeness (QED) is 0.679. The summed E-state index contributed by atoms with van der Waals surface area (Å²) >= 11 is 0. The normalized spacial score (nSPS) is 11.3. The summed E-state index contributed by atoms with van der Waals surface area (Å²) in [6, 6.07) is 13.8. The number of nitrogens with zero attached hydrogens (tertiary/aromatic N) is 2. The maximum Gasteiger partial charge on any atom is 0.262 e. The summed E-state index contributed by atoms with van der Waals surface area (Å²) in [6.45, 7) is 4.56. The number of nitrogens with one attached hydrogen (secondary N) is 1. The van der Waals surface area contributed by atoms with E-state index in [0.717, 1.165) is 11.1 Å². The SMILES string of the molecule is CC(C)n1ccc(/C=C(\C#N)C(=O)NCc2ccccc2)c1. The number of hydrogen-bond donors (Lipinski definition) is 1. The average Bonchev–Trinajstić information content (AvgIpc) is 3.00. The minimum absolute atomic E-state index is 0.109. The lowest BCUT2D eigenvalue weighted by Crippen LogP contribution is -2.23. The lowest BCUT2D eigenvalue weighted by molar-refractivity contribution is -0.117. The van der Waals surface area contributed by atoms with Crippen LogP contribution in [0.5, 0.6) is 0 Å². The van der Waals surface area contributed by atoms with Crippen LogP contribution >= 0.6 is 0 Å². The van der Waals surface area contributed by atoms with E-state index >= 15 is 0 Å². The highest BCUT2D eigenvalue weighted by Gasteiger charge is 2.09. The van der Waals surface area contributed by atoms with Crippen molar-refractivity contribution in [3.05, 3.63) is 65.5 Å². The number of carbonyl (C=O) groups is 1. The van der Waals surface area contributed by atoms with Gasteiger partial charge in [-0.3, -0.25) is 4.79 Å². The molecule has 112 valence electrons. The van der Waals surface area contributed by atoms with Crippen LogP contribution in [0.25, 0.3) is 6.08 Å². The van der Waals surface area contributed by atoms with Crippen LogP contribution in [-0.2, 0) is 11.3 Å².